The summed E-state index contributed by atoms with van der Waals surface area (Å²) in [6.45, 7) is 14.0. The summed E-state index contributed by atoms with van der Waals surface area (Å²) < 4.78 is 21.1. The lowest BCUT2D eigenvalue weighted by molar-refractivity contribution is 0.0780. The highest BCUT2D eigenvalue weighted by molar-refractivity contribution is 6.31. The Morgan fingerprint density at radius 1 is 1.37 bits per heavy atom. The first-order chi connectivity index (χ1) is 16.7. The van der Waals surface area contributed by atoms with Gasteiger partial charge in [0.25, 0.3) is 0 Å². The monoisotopic (exact) mass is 510 g/mol. The molecule has 0 saturated carbocycles. The van der Waals surface area contributed by atoms with Gasteiger partial charge in [0, 0.05) is 19.1 Å². The van der Waals surface area contributed by atoms with Crippen LogP contribution in [0.5, 0.6) is 0 Å². The molecule has 0 aromatic carbocycles. The maximum Gasteiger partial charge on any atom is 0.227 e. The summed E-state index contributed by atoms with van der Waals surface area (Å²) in [5.41, 5.74) is 7.99. The average molecular weight is 511 g/mol. The van der Waals surface area contributed by atoms with E-state index < -0.39 is 12.2 Å². The third-order valence-electron chi connectivity index (χ3n) is 6.49. The van der Waals surface area contributed by atoms with Gasteiger partial charge in [-0.1, -0.05) is 52.1 Å². The molecule has 0 radical (unpaired) electrons. The molecule has 0 spiro atoms. The minimum Gasteiger partial charge on any atom is -0.478 e. The number of likely N-dealkylation sites (tertiary alicyclic amines) is 1. The fraction of sp³-hybridized carbons (Fsp3) is 0.731. The number of aliphatic imine (C=N–C) groups is 1. The third kappa shape index (κ3) is 9.22. The van der Waals surface area contributed by atoms with Crippen molar-refractivity contribution in [2.24, 2.45) is 16.6 Å². The van der Waals surface area contributed by atoms with Gasteiger partial charge in [0.1, 0.15) is 11.9 Å². The van der Waals surface area contributed by atoms with Crippen LogP contribution in [0.3, 0.4) is 0 Å². The molecule has 2 heterocycles. The van der Waals surface area contributed by atoms with E-state index in [-0.39, 0.29) is 5.88 Å². The van der Waals surface area contributed by atoms with Crippen molar-refractivity contribution in [1.82, 2.24) is 14.9 Å². The first-order valence-corrected chi connectivity index (χ1v) is 13.4. The number of alkyl halides is 1. The van der Waals surface area contributed by atoms with Gasteiger partial charge < -0.3 is 15.8 Å². The molecule has 0 aliphatic carbocycles. The van der Waals surface area contributed by atoms with Gasteiger partial charge in [0.15, 0.2) is 0 Å². The Morgan fingerprint density at radius 3 is 2.71 bits per heavy atom. The van der Waals surface area contributed by atoms with Crippen molar-refractivity contribution in [3.8, 4) is 0 Å². The minimum atomic E-state index is -1.03. The molecule has 198 valence electrons. The highest BCUT2D eigenvalue weighted by Gasteiger charge is 2.32. The van der Waals surface area contributed by atoms with Gasteiger partial charge in [-0.2, -0.15) is 0 Å². The maximum absolute atomic E-state index is 15.3. The smallest absolute Gasteiger partial charge is 0.227 e. The standard InChI is InChI=1S/C26H44ClFN6O/c1-7-9-10-20(8-2)34-13-11-23(22(28)16-34)31-19(6)24(25(29)35-14-12-17(3)4)33-26-30-15-21(27)18(5)32-26/h15,17,20,22-23H,7-14,16,29H2,1-6H3,(H,30,32,33). The molecule has 1 aliphatic rings. The fourth-order valence-corrected chi connectivity index (χ4v) is 4.31. The summed E-state index contributed by atoms with van der Waals surface area (Å²) >= 11 is 6.07. The molecule has 1 aromatic rings. The van der Waals surface area contributed by atoms with Crippen LogP contribution in [0.2, 0.25) is 5.02 Å². The van der Waals surface area contributed by atoms with Crippen molar-refractivity contribution in [2.75, 3.05) is 25.0 Å². The summed E-state index contributed by atoms with van der Waals surface area (Å²) in [4.78, 5) is 15.7. The summed E-state index contributed by atoms with van der Waals surface area (Å²) in [7, 11) is 0. The number of nitrogens with one attached hydrogen (secondary N) is 1. The second-order valence-corrected chi connectivity index (χ2v) is 10.2. The minimum absolute atomic E-state index is 0.196. The van der Waals surface area contributed by atoms with Crippen LogP contribution in [0.1, 0.15) is 78.8 Å². The van der Waals surface area contributed by atoms with E-state index in [1.165, 1.54) is 12.6 Å². The summed E-state index contributed by atoms with van der Waals surface area (Å²) in [5.74, 6) is 1.01. The molecule has 7 nitrogen and oxygen atoms in total. The Morgan fingerprint density at radius 2 is 2.11 bits per heavy atom. The van der Waals surface area contributed by atoms with E-state index in [0.29, 0.717) is 59.6 Å². The van der Waals surface area contributed by atoms with Crippen molar-refractivity contribution in [3.63, 3.8) is 0 Å². The molecule has 9 heteroatoms. The number of allylic oxidation sites excluding steroid dienone is 1. The Kier molecular flexibility index (Phi) is 12.2. The van der Waals surface area contributed by atoms with Crippen LogP contribution < -0.4 is 11.1 Å². The quantitative estimate of drug-likeness (QED) is 0.254. The number of unbranched alkanes of at least 4 members (excludes halogenated alkanes) is 1. The van der Waals surface area contributed by atoms with E-state index in [0.717, 1.165) is 32.2 Å². The summed E-state index contributed by atoms with van der Waals surface area (Å²) in [6, 6.07) is 0.00899. The lowest BCUT2D eigenvalue weighted by atomic mass is 9.98. The molecule has 35 heavy (non-hydrogen) atoms. The summed E-state index contributed by atoms with van der Waals surface area (Å²) in [6.07, 6.45) is 6.52. The van der Waals surface area contributed by atoms with Crippen LogP contribution in [0.25, 0.3) is 0 Å². The number of halogens is 2. The molecule has 3 N–H and O–H groups in total. The van der Waals surface area contributed by atoms with E-state index in [1.54, 1.807) is 6.92 Å². The molecule has 0 bridgehead atoms. The topological polar surface area (TPSA) is 88.7 Å². The normalized spacial score (nSPS) is 21.1. The molecule has 1 aromatic heterocycles. The molecular weight excluding hydrogens is 467 g/mol. The molecular formula is C26H44ClFN6O. The van der Waals surface area contributed by atoms with E-state index in [2.05, 4.69) is 47.9 Å². The van der Waals surface area contributed by atoms with Crippen molar-refractivity contribution < 1.29 is 9.13 Å². The Hall–Kier alpha value is -1.93. The van der Waals surface area contributed by atoms with Crippen molar-refractivity contribution in [2.45, 2.75) is 98.3 Å². The highest BCUT2D eigenvalue weighted by Crippen LogP contribution is 2.24. The van der Waals surface area contributed by atoms with E-state index in [1.807, 2.05) is 6.92 Å². The van der Waals surface area contributed by atoms with Gasteiger partial charge in [-0.15, -0.1) is 0 Å². The summed E-state index contributed by atoms with van der Waals surface area (Å²) in [5, 5.41) is 3.61. The predicted molar refractivity (Wildman–Crippen MR) is 144 cm³/mol. The molecule has 3 unspecified atom stereocenters. The highest BCUT2D eigenvalue weighted by atomic mass is 35.5. The van der Waals surface area contributed by atoms with Crippen LogP contribution in [0, 0.1) is 12.8 Å². The van der Waals surface area contributed by atoms with Gasteiger partial charge in [0.05, 0.1) is 35.3 Å². The number of hydrogen-bond acceptors (Lipinski definition) is 7. The fourth-order valence-electron chi connectivity index (χ4n) is 4.22. The third-order valence-corrected chi connectivity index (χ3v) is 6.86. The second kappa shape index (κ2) is 14.6. The number of anilines is 1. The van der Waals surface area contributed by atoms with Crippen molar-refractivity contribution >= 4 is 23.3 Å². The lowest BCUT2D eigenvalue weighted by Crippen LogP contribution is -2.48. The molecule has 2 rings (SSSR count). The number of nitrogens with two attached hydrogens (primary N) is 1. The number of piperidine rings is 1. The SMILES string of the molecule is CCCCC(CC)N1CCC(N=C(C)C(Nc2ncc(Cl)c(C)n2)=C(N)OCCC(C)C)C(F)C1. The van der Waals surface area contributed by atoms with Gasteiger partial charge in [0.2, 0.25) is 11.8 Å². The van der Waals surface area contributed by atoms with Crippen LogP contribution in [0.15, 0.2) is 22.8 Å². The number of ether oxygens (including phenoxy) is 1. The first kappa shape index (κ1) is 29.3. The van der Waals surface area contributed by atoms with Gasteiger partial charge >= 0.3 is 0 Å². The van der Waals surface area contributed by atoms with Gasteiger partial charge in [-0.05, 0) is 45.4 Å². The van der Waals surface area contributed by atoms with Crippen LogP contribution in [-0.4, -0.2) is 58.5 Å². The molecule has 1 aliphatic heterocycles. The molecule has 0 amide bonds. The Balaban J connectivity index is 2.20. The Labute approximate surface area is 215 Å². The van der Waals surface area contributed by atoms with Crippen LogP contribution in [0.4, 0.5) is 10.3 Å². The predicted octanol–water partition coefficient (Wildman–Crippen LogP) is 5.88. The van der Waals surface area contributed by atoms with Crippen LogP contribution in [-0.2, 0) is 4.74 Å². The van der Waals surface area contributed by atoms with E-state index in [9.17, 15) is 0 Å². The largest absolute Gasteiger partial charge is 0.478 e. The average Bonchev–Trinajstić information content (AvgIpc) is 2.81. The number of aromatic nitrogens is 2. The van der Waals surface area contributed by atoms with Gasteiger partial charge in [-0.25, -0.2) is 14.4 Å². The maximum atomic E-state index is 15.3. The Bertz CT molecular complexity index is 862. The van der Waals surface area contributed by atoms with Crippen molar-refractivity contribution in [1.29, 1.82) is 0 Å². The van der Waals surface area contributed by atoms with E-state index >= 15 is 4.39 Å². The zero-order valence-corrected chi connectivity index (χ0v) is 23.0. The zero-order chi connectivity index (χ0) is 26.0. The molecule has 1 fully saturated rings. The van der Waals surface area contributed by atoms with Crippen LogP contribution >= 0.6 is 11.6 Å². The second-order valence-electron chi connectivity index (χ2n) is 9.81. The number of aryl methyl sites for hydroxylation is 1. The lowest BCUT2D eigenvalue weighted by Gasteiger charge is -2.38. The first-order valence-electron chi connectivity index (χ1n) is 13.0. The molecule has 3 atom stereocenters. The zero-order valence-electron chi connectivity index (χ0n) is 22.3. The molecule has 1 saturated heterocycles. The van der Waals surface area contributed by atoms with Crippen molar-refractivity contribution in [3.05, 3.63) is 28.5 Å². The number of rotatable bonds is 13. The number of nitrogens with zero attached hydrogens (tertiary/aromatic N) is 4. The van der Waals surface area contributed by atoms with Gasteiger partial charge in [-0.3, -0.25) is 9.89 Å². The van der Waals surface area contributed by atoms with E-state index in [4.69, 9.17) is 27.1 Å². The number of hydrogen-bond donors (Lipinski definition) is 2.